The van der Waals surface area contributed by atoms with Crippen molar-refractivity contribution in [1.29, 1.82) is 0 Å². The summed E-state index contributed by atoms with van der Waals surface area (Å²) in [5.41, 5.74) is 0. The van der Waals surface area contributed by atoms with Gasteiger partial charge < -0.3 is 9.47 Å². The van der Waals surface area contributed by atoms with Crippen LogP contribution in [-0.2, 0) is 9.53 Å². The van der Waals surface area contributed by atoms with E-state index in [0.717, 1.165) is 0 Å². The van der Waals surface area contributed by atoms with Crippen molar-refractivity contribution in [2.45, 2.75) is 20.0 Å². The van der Waals surface area contributed by atoms with E-state index in [1.54, 1.807) is 19.9 Å². The average Bonchev–Trinajstić information content (AvgIpc) is 2.21. The van der Waals surface area contributed by atoms with Crippen molar-refractivity contribution in [2.75, 3.05) is 6.61 Å². The van der Waals surface area contributed by atoms with E-state index < -0.39 is 17.9 Å². The second kappa shape index (κ2) is 5.46. The van der Waals surface area contributed by atoms with Gasteiger partial charge in [-0.15, -0.1) is 0 Å². The number of carbonyl (C=O) groups is 1. The van der Waals surface area contributed by atoms with E-state index >= 15 is 0 Å². The Morgan fingerprint density at radius 2 is 2.13 bits per heavy atom. The number of hydrogen-bond donors (Lipinski definition) is 0. The van der Waals surface area contributed by atoms with E-state index in [2.05, 4.69) is 0 Å². The topological polar surface area (TPSA) is 35.5 Å². The highest BCUT2D eigenvalue weighted by atomic mass is 19.1. The van der Waals surface area contributed by atoms with Crippen molar-refractivity contribution in [3.05, 3.63) is 30.1 Å². The summed E-state index contributed by atoms with van der Waals surface area (Å²) in [6.45, 7) is 3.74. The summed E-state index contributed by atoms with van der Waals surface area (Å²) in [6, 6.07) is 5.75. The lowest BCUT2D eigenvalue weighted by Gasteiger charge is -2.11. The van der Waals surface area contributed by atoms with Gasteiger partial charge in [-0.2, -0.15) is 0 Å². The summed E-state index contributed by atoms with van der Waals surface area (Å²) in [5.74, 6) is -1.23. The number of ether oxygens (including phenoxy) is 2. The fourth-order valence-electron chi connectivity index (χ4n) is 1.04. The molecule has 0 bridgehead atoms. The molecule has 1 rings (SSSR count). The second-order valence-corrected chi connectivity index (χ2v) is 2.95. The minimum Gasteiger partial charge on any atom is -0.421 e. The average molecular weight is 212 g/mol. The van der Waals surface area contributed by atoms with Gasteiger partial charge in [0, 0.05) is 6.61 Å². The van der Waals surface area contributed by atoms with Crippen LogP contribution < -0.4 is 4.74 Å². The zero-order valence-corrected chi connectivity index (χ0v) is 8.70. The maximum atomic E-state index is 13.1. The lowest BCUT2D eigenvalue weighted by atomic mass is 10.3. The minimum atomic E-state index is -0.686. The van der Waals surface area contributed by atoms with Crippen LogP contribution in [0.1, 0.15) is 13.8 Å². The van der Waals surface area contributed by atoms with E-state index in [9.17, 15) is 9.18 Å². The molecule has 3 nitrogen and oxygen atoms in total. The lowest BCUT2D eigenvalue weighted by Crippen LogP contribution is -2.26. The molecular weight excluding hydrogens is 199 g/mol. The summed E-state index contributed by atoms with van der Waals surface area (Å²) < 4.78 is 22.9. The summed E-state index contributed by atoms with van der Waals surface area (Å²) in [4.78, 5) is 11.3. The number of esters is 1. The Hall–Kier alpha value is -1.42. The molecule has 0 amide bonds. The van der Waals surface area contributed by atoms with Crippen LogP contribution in [0.15, 0.2) is 24.3 Å². The Morgan fingerprint density at radius 1 is 1.47 bits per heavy atom. The molecule has 4 heteroatoms. The first-order chi connectivity index (χ1) is 7.15. The summed E-state index contributed by atoms with van der Waals surface area (Å²) in [6.07, 6.45) is -0.686. The summed E-state index contributed by atoms with van der Waals surface area (Å²) in [7, 11) is 0. The molecule has 0 aromatic heterocycles. The van der Waals surface area contributed by atoms with E-state index in [4.69, 9.17) is 9.47 Å². The molecule has 0 fully saturated rings. The highest BCUT2D eigenvalue weighted by Crippen LogP contribution is 2.16. The second-order valence-electron chi connectivity index (χ2n) is 2.95. The quantitative estimate of drug-likeness (QED) is 0.566. The molecular formula is C11H13FO3. The van der Waals surface area contributed by atoms with E-state index in [0.29, 0.717) is 6.61 Å². The summed E-state index contributed by atoms with van der Waals surface area (Å²) in [5, 5.41) is 0. The third-order valence-corrected chi connectivity index (χ3v) is 1.80. The van der Waals surface area contributed by atoms with Gasteiger partial charge in [0.2, 0.25) is 0 Å². The number of hydrogen-bond acceptors (Lipinski definition) is 3. The molecule has 0 saturated heterocycles. The number of halogens is 1. The van der Waals surface area contributed by atoms with Crippen LogP contribution in [0.5, 0.6) is 5.75 Å². The first-order valence-corrected chi connectivity index (χ1v) is 4.73. The van der Waals surface area contributed by atoms with Gasteiger partial charge in [0.05, 0.1) is 0 Å². The van der Waals surface area contributed by atoms with Gasteiger partial charge in [-0.05, 0) is 26.0 Å². The van der Waals surface area contributed by atoms with Crippen molar-refractivity contribution in [1.82, 2.24) is 0 Å². The molecule has 0 aliphatic rings. The van der Waals surface area contributed by atoms with Crippen LogP contribution in [0.4, 0.5) is 4.39 Å². The van der Waals surface area contributed by atoms with Crippen LogP contribution >= 0.6 is 0 Å². The third kappa shape index (κ3) is 3.32. The molecule has 0 aliphatic heterocycles. The van der Waals surface area contributed by atoms with Crippen LogP contribution in [0.3, 0.4) is 0 Å². The lowest BCUT2D eigenvalue weighted by molar-refractivity contribution is -0.146. The first-order valence-electron chi connectivity index (χ1n) is 4.73. The van der Waals surface area contributed by atoms with E-state index in [1.807, 2.05) is 0 Å². The van der Waals surface area contributed by atoms with Gasteiger partial charge in [-0.3, -0.25) is 0 Å². The van der Waals surface area contributed by atoms with Crippen molar-refractivity contribution >= 4 is 5.97 Å². The van der Waals surface area contributed by atoms with Gasteiger partial charge in [-0.25, -0.2) is 9.18 Å². The Balaban J connectivity index is 2.62. The number of rotatable bonds is 4. The highest BCUT2D eigenvalue weighted by molar-refractivity contribution is 5.76. The van der Waals surface area contributed by atoms with Crippen LogP contribution in [0.25, 0.3) is 0 Å². The van der Waals surface area contributed by atoms with E-state index in [1.165, 1.54) is 18.2 Å². The van der Waals surface area contributed by atoms with Crippen molar-refractivity contribution < 1.29 is 18.7 Å². The number of carbonyl (C=O) groups excluding carboxylic acids is 1. The first kappa shape index (κ1) is 11.7. The molecule has 1 aromatic rings. The predicted molar refractivity (Wildman–Crippen MR) is 53.1 cm³/mol. The largest absolute Gasteiger partial charge is 0.421 e. The molecule has 0 radical (unpaired) electrons. The van der Waals surface area contributed by atoms with Gasteiger partial charge in [0.15, 0.2) is 17.7 Å². The Kier molecular flexibility index (Phi) is 4.24. The Bertz CT molecular complexity index is 338. The number of para-hydroxylation sites is 1. The SMILES string of the molecule is CCOC(C)C(=O)Oc1ccccc1F. The fourth-order valence-corrected chi connectivity index (χ4v) is 1.04. The van der Waals surface area contributed by atoms with Crippen molar-refractivity contribution in [2.24, 2.45) is 0 Å². The maximum absolute atomic E-state index is 13.1. The zero-order chi connectivity index (χ0) is 11.3. The molecule has 0 aliphatic carbocycles. The normalized spacial score (nSPS) is 12.2. The van der Waals surface area contributed by atoms with Crippen molar-refractivity contribution in [3.63, 3.8) is 0 Å². The smallest absolute Gasteiger partial charge is 0.340 e. The molecule has 1 atom stereocenters. The van der Waals surface area contributed by atoms with Crippen LogP contribution in [0, 0.1) is 5.82 Å². The molecule has 82 valence electrons. The molecule has 1 aromatic carbocycles. The predicted octanol–water partition coefficient (Wildman–Crippen LogP) is 2.16. The zero-order valence-electron chi connectivity index (χ0n) is 8.70. The molecule has 0 spiro atoms. The third-order valence-electron chi connectivity index (χ3n) is 1.80. The Morgan fingerprint density at radius 3 is 2.73 bits per heavy atom. The molecule has 0 N–H and O–H groups in total. The molecule has 0 saturated carbocycles. The summed E-state index contributed by atoms with van der Waals surface area (Å²) >= 11 is 0. The fraction of sp³-hybridized carbons (Fsp3) is 0.364. The van der Waals surface area contributed by atoms with Crippen LogP contribution in [0.2, 0.25) is 0 Å². The van der Waals surface area contributed by atoms with Crippen LogP contribution in [-0.4, -0.2) is 18.7 Å². The molecule has 0 heterocycles. The maximum Gasteiger partial charge on any atom is 0.340 e. The van der Waals surface area contributed by atoms with Gasteiger partial charge in [0.25, 0.3) is 0 Å². The Labute approximate surface area is 87.8 Å². The molecule has 1 unspecified atom stereocenters. The molecule has 15 heavy (non-hydrogen) atoms. The number of benzene rings is 1. The van der Waals surface area contributed by atoms with E-state index in [-0.39, 0.29) is 5.75 Å². The van der Waals surface area contributed by atoms with Gasteiger partial charge in [0.1, 0.15) is 0 Å². The van der Waals surface area contributed by atoms with Crippen molar-refractivity contribution in [3.8, 4) is 5.75 Å². The van der Waals surface area contributed by atoms with Gasteiger partial charge >= 0.3 is 5.97 Å². The van der Waals surface area contributed by atoms with Gasteiger partial charge in [-0.1, -0.05) is 12.1 Å². The minimum absolute atomic E-state index is 0.0750. The monoisotopic (exact) mass is 212 g/mol. The highest BCUT2D eigenvalue weighted by Gasteiger charge is 2.16. The standard InChI is InChI=1S/C11H13FO3/c1-3-14-8(2)11(13)15-10-7-5-4-6-9(10)12/h4-8H,3H2,1-2H3.